The molecule has 0 N–H and O–H groups in total. The minimum atomic E-state index is -4.56. The minimum absolute atomic E-state index is 0.193. The number of alkyl halides is 3. The Bertz CT molecular complexity index is 1130. The summed E-state index contributed by atoms with van der Waals surface area (Å²) in [6.45, 7) is 3.85. The molecule has 0 aliphatic rings. The van der Waals surface area contributed by atoms with Crippen LogP contribution in [-0.4, -0.2) is 14.5 Å². The normalized spacial score (nSPS) is 11.9. The van der Waals surface area contributed by atoms with Crippen LogP contribution in [0.1, 0.15) is 11.1 Å². The molecule has 1 radical (unpaired) electrons. The number of aromatic nitrogens is 3. The van der Waals surface area contributed by atoms with Crippen molar-refractivity contribution < 1.29 is 13.2 Å². The van der Waals surface area contributed by atoms with Gasteiger partial charge in [-0.3, -0.25) is 9.55 Å². The molecule has 3 nitrogen and oxygen atoms in total. The highest BCUT2D eigenvalue weighted by atomic mass is 35.5. The molecule has 2 aromatic carbocycles. The Morgan fingerprint density at radius 1 is 1.04 bits per heavy atom. The maximum absolute atomic E-state index is 13.3. The van der Waals surface area contributed by atoms with Crippen molar-refractivity contribution in [2.24, 2.45) is 0 Å². The Hall–Kier alpha value is -2.86. The van der Waals surface area contributed by atoms with E-state index in [1.807, 2.05) is 24.3 Å². The van der Waals surface area contributed by atoms with Crippen LogP contribution >= 0.6 is 11.6 Å². The Morgan fingerprint density at radius 3 is 2.39 bits per heavy atom. The van der Waals surface area contributed by atoms with Gasteiger partial charge in [-0.2, -0.15) is 13.2 Å². The largest absolute Gasteiger partial charge is 0.417 e. The lowest BCUT2D eigenvalue weighted by Crippen LogP contribution is -2.06. The van der Waals surface area contributed by atoms with Crippen LogP contribution in [0.2, 0.25) is 5.02 Å². The second-order valence-corrected chi connectivity index (χ2v) is 6.63. The van der Waals surface area contributed by atoms with E-state index in [2.05, 4.69) is 16.9 Å². The van der Waals surface area contributed by atoms with E-state index in [0.717, 1.165) is 17.3 Å². The molecule has 4 aromatic rings. The number of rotatable bonds is 3. The molecule has 0 amide bonds. The summed E-state index contributed by atoms with van der Waals surface area (Å²) in [7, 11) is 0. The van der Waals surface area contributed by atoms with Crippen LogP contribution in [0.5, 0.6) is 0 Å². The van der Waals surface area contributed by atoms with Crippen molar-refractivity contribution in [3.05, 3.63) is 83.9 Å². The lowest BCUT2D eigenvalue weighted by Gasteiger charge is -2.11. The van der Waals surface area contributed by atoms with Crippen LogP contribution in [0, 0.1) is 6.92 Å². The standard InChI is InChI=1S/C21H14ClF3N3/c1-2-13-6-8-14(9-7-13)28-19-12-16(22)15(21(23,24)25)11-18(19)27-20(28)17-5-3-4-10-26-17/h3-12H,1-2H2. The highest BCUT2D eigenvalue weighted by Crippen LogP contribution is 2.38. The molecule has 4 rings (SSSR count). The fraction of sp³-hybridized carbons (Fsp3) is 0.0952. The average Bonchev–Trinajstić information content (AvgIpc) is 3.05. The number of hydrogen-bond donors (Lipinski definition) is 0. The SMILES string of the molecule is [CH2]Cc1ccc(-n2c(-c3ccccn3)nc3cc(C(F)(F)F)c(Cl)cc32)cc1. The molecule has 0 unspecified atom stereocenters. The molecule has 28 heavy (non-hydrogen) atoms. The van der Waals surface area contributed by atoms with Crippen molar-refractivity contribution >= 4 is 22.6 Å². The van der Waals surface area contributed by atoms with Crippen molar-refractivity contribution in [2.75, 3.05) is 0 Å². The van der Waals surface area contributed by atoms with Crippen LogP contribution in [0.4, 0.5) is 13.2 Å². The molecule has 2 heterocycles. The third-order valence-electron chi connectivity index (χ3n) is 4.43. The molecular weight excluding hydrogens is 387 g/mol. The fourth-order valence-corrected chi connectivity index (χ4v) is 3.32. The van der Waals surface area contributed by atoms with Crippen molar-refractivity contribution in [2.45, 2.75) is 12.6 Å². The van der Waals surface area contributed by atoms with E-state index >= 15 is 0 Å². The summed E-state index contributed by atoms with van der Waals surface area (Å²) in [6.07, 6.45) is -2.31. The average molecular weight is 401 g/mol. The zero-order valence-corrected chi connectivity index (χ0v) is 15.3. The van der Waals surface area contributed by atoms with Gasteiger partial charge in [0.05, 0.1) is 21.6 Å². The smallest absolute Gasteiger partial charge is 0.291 e. The first kappa shape index (κ1) is 18.5. The number of pyridine rings is 1. The lowest BCUT2D eigenvalue weighted by molar-refractivity contribution is -0.137. The predicted octanol–water partition coefficient (Wildman–Crippen LogP) is 6.14. The molecule has 0 bridgehead atoms. The first-order valence-electron chi connectivity index (χ1n) is 8.47. The van der Waals surface area contributed by atoms with E-state index in [9.17, 15) is 13.2 Å². The zero-order chi connectivity index (χ0) is 19.9. The zero-order valence-electron chi connectivity index (χ0n) is 14.5. The van der Waals surface area contributed by atoms with Gasteiger partial charge in [0.2, 0.25) is 0 Å². The minimum Gasteiger partial charge on any atom is -0.291 e. The van der Waals surface area contributed by atoms with Gasteiger partial charge < -0.3 is 0 Å². The van der Waals surface area contributed by atoms with Gasteiger partial charge in [0.15, 0.2) is 5.82 Å². The number of imidazole rings is 1. The topological polar surface area (TPSA) is 30.7 Å². The summed E-state index contributed by atoms with van der Waals surface area (Å²) in [6, 6.07) is 15.2. The molecular formula is C21H14ClF3N3. The number of benzene rings is 2. The summed E-state index contributed by atoms with van der Waals surface area (Å²) >= 11 is 5.97. The predicted molar refractivity (Wildman–Crippen MR) is 103 cm³/mol. The number of nitrogens with zero attached hydrogens (tertiary/aromatic N) is 3. The van der Waals surface area contributed by atoms with E-state index in [-0.39, 0.29) is 10.5 Å². The van der Waals surface area contributed by atoms with Crippen LogP contribution < -0.4 is 0 Å². The van der Waals surface area contributed by atoms with Crippen molar-refractivity contribution in [1.82, 2.24) is 14.5 Å². The summed E-state index contributed by atoms with van der Waals surface area (Å²) < 4.78 is 41.6. The van der Waals surface area contributed by atoms with Gasteiger partial charge in [-0.05, 0) is 55.3 Å². The summed E-state index contributed by atoms with van der Waals surface area (Å²) in [4.78, 5) is 8.76. The Morgan fingerprint density at radius 2 is 1.79 bits per heavy atom. The lowest BCUT2D eigenvalue weighted by atomic mass is 10.1. The maximum atomic E-state index is 13.3. The number of hydrogen-bond acceptors (Lipinski definition) is 2. The van der Waals surface area contributed by atoms with Crippen LogP contribution in [0.25, 0.3) is 28.2 Å². The van der Waals surface area contributed by atoms with E-state index in [1.54, 1.807) is 29.0 Å². The summed E-state index contributed by atoms with van der Waals surface area (Å²) in [5.74, 6) is 0.438. The third-order valence-corrected chi connectivity index (χ3v) is 4.74. The van der Waals surface area contributed by atoms with Crippen molar-refractivity contribution in [3.8, 4) is 17.2 Å². The van der Waals surface area contributed by atoms with Crippen LogP contribution in [-0.2, 0) is 12.6 Å². The monoisotopic (exact) mass is 400 g/mol. The van der Waals surface area contributed by atoms with Gasteiger partial charge in [-0.15, -0.1) is 0 Å². The second kappa shape index (κ2) is 6.95. The number of halogens is 4. The Labute approximate surface area is 164 Å². The molecule has 0 aliphatic heterocycles. The van der Waals surface area contributed by atoms with Gasteiger partial charge in [0, 0.05) is 11.9 Å². The summed E-state index contributed by atoms with van der Waals surface area (Å²) in [5.41, 5.74) is 2.09. The molecule has 0 aliphatic carbocycles. The molecule has 7 heteroatoms. The van der Waals surface area contributed by atoms with E-state index in [1.165, 1.54) is 6.07 Å². The second-order valence-electron chi connectivity index (χ2n) is 6.22. The maximum Gasteiger partial charge on any atom is 0.417 e. The molecule has 0 atom stereocenters. The quantitative estimate of drug-likeness (QED) is 0.413. The molecule has 0 fully saturated rings. The van der Waals surface area contributed by atoms with Gasteiger partial charge in [-0.25, -0.2) is 4.98 Å². The van der Waals surface area contributed by atoms with Gasteiger partial charge in [0.1, 0.15) is 5.69 Å². The molecule has 0 spiro atoms. The van der Waals surface area contributed by atoms with Crippen LogP contribution in [0.3, 0.4) is 0 Å². The number of fused-ring (bicyclic) bond motifs is 1. The Kier molecular flexibility index (Phi) is 4.59. The molecule has 2 aromatic heterocycles. The van der Waals surface area contributed by atoms with Gasteiger partial charge in [0.25, 0.3) is 0 Å². The highest BCUT2D eigenvalue weighted by molar-refractivity contribution is 6.32. The first-order chi connectivity index (χ1) is 13.4. The van der Waals surface area contributed by atoms with Crippen molar-refractivity contribution in [3.63, 3.8) is 0 Å². The summed E-state index contributed by atoms with van der Waals surface area (Å²) in [5, 5.41) is -0.372. The van der Waals surface area contributed by atoms with E-state index < -0.39 is 11.7 Å². The Balaban J connectivity index is 2.02. The molecule has 141 valence electrons. The van der Waals surface area contributed by atoms with E-state index in [0.29, 0.717) is 23.5 Å². The van der Waals surface area contributed by atoms with Gasteiger partial charge in [-0.1, -0.05) is 29.8 Å². The molecule has 0 saturated heterocycles. The van der Waals surface area contributed by atoms with Crippen molar-refractivity contribution in [1.29, 1.82) is 0 Å². The molecule has 0 saturated carbocycles. The van der Waals surface area contributed by atoms with E-state index in [4.69, 9.17) is 11.6 Å². The third kappa shape index (κ3) is 3.24. The highest BCUT2D eigenvalue weighted by Gasteiger charge is 2.34. The van der Waals surface area contributed by atoms with Gasteiger partial charge >= 0.3 is 6.18 Å². The van der Waals surface area contributed by atoms with Crippen LogP contribution in [0.15, 0.2) is 60.8 Å². The first-order valence-corrected chi connectivity index (χ1v) is 8.85. The fourth-order valence-electron chi connectivity index (χ4n) is 3.06.